The van der Waals surface area contributed by atoms with Gasteiger partial charge in [-0.2, -0.15) is 0 Å². The van der Waals surface area contributed by atoms with Crippen LogP contribution in [0.4, 0.5) is 4.39 Å². The molecule has 6 nitrogen and oxygen atoms in total. The van der Waals surface area contributed by atoms with Crippen LogP contribution in [0, 0.1) is 6.92 Å². The van der Waals surface area contributed by atoms with Gasteiger partial charge >= 0.3 is 0 Å². The molecule has 1 rings (SSSR count). The fourth-order valence-electron chi connectivity index (χ4n) is 1.57. The molecule has 0 aromatic carbocycles. The zero-order valence-corrected chi connectivity index (χ0v) is 15.4. The first-order valence-electron chi connectivity index (χ1n) is 7.12. The first kappa shape index (κ1) is 20.1. The Morgan fingerprint density at radius 2 is 1.90 bits per heavy atom. The highest BCUT2D eigenvalue weighted by atomic mass is 127. The Morgan fingerprint density at radius 1 is 1.24 bits per heavy atom. The van der Waals surface area contributed by atoms with Crippen molar-refractivity contribution in [2.45, 2.75) is 39.7 Å². The minimum atomic E-state index is -0.322. The van der Waals surface area contributed by atoms with Crippen molar-refractivity contribution in [2.75, 3.05) is 19.8 Å². The lowest BCUT2D eigenvalue weighted by molar-refractivity contribution is 0.470. The predicted molar refractivity (Wildman–Crippen MR) is 93.8 cm³/mol. The number of aromatic nitrogens is 3. The normalized spacial score (nSPS) is 11.1. The summed E-state index contributed by atoms with van der Waals surface area (Å²) in [4.78, 5) is 4.46. The van der Waals surface area contributed by atoms with Gasteiger partial charge < -0.3 is 15.2 Å². The number of alkyl halides is 1. The molecule has 0 unspecified atom stereocenters. The van der Waals surface area contributed by atoms with Crippen LogP contribution in [-0.2, 0) is 13.6 Å². The molecule has 0 saturated carbocycles. The van der Waals surface area contributed by atoms with Crippen molar-refractivity contribution in [1.29, 1.82) is 0 Å². The molecule has 0 radical (unpaired) electrons. The van der Waals surface area contributed by atoms with E-state index < -0.39 is 0 Å². The van der Waals surface area contributed by atoms with Gasteiger partial charge in [0.05, 0.1) is 6.67 Å². The predicted octanol–water partition coefficient (Wildman–Crippen LogP) is 1.94. The van der Waals surface area contributed by atoms with E-state index in [-0.39, 0.29) is 30.7 Å². The molecule has 0 spiro atoms. The van der Waals surface area contributed by atoms with Gasteiger partial charge in [-0.15, -0.1) is 34.2 Å². The van der Waals surface area contributed by atoms with Crippen LogP contribution in [0.5, 0.6) is 0 Å². The van der Waals surface area contributed by atoms with Crippen molar-refractivity contribution in [2.24, 2.45) is 12.0 Å². The molecule has 0 aliphatic rings. The molecule has 1 aromatic rings. The van der Waals surface area contributed by atoms with Gasteiger partial charge in [0, 0.05) is 20.1 Å². The topological polar surface area (TPSA) is 67.1 Å². The third kappa shape index (κ3) is 7.58. The molecule has 0 aliphatic heterocycles. The molecule has 0 aliphatic carbocycles. The number of halogens is 2. The maximum absolute atomic E-state index is 12.1. The summed E-state index contributed by atoms with van der Waals surface area (Å²) in [5.41, 5.74) is 0. The number of rotatable bonds is 8. The Hall–Kier alpha value is -0.930. The summed E-state index contributed by atoms with van der Waals surface area (Å²) >= 11 is 0. The Labute approximate surface area is 143 Å². The molecule has 0 atom stereocenters. The van der Waals surface area contributed by atoms with E-state index in [0.717, 1.165) is 31.0 Å². The second-order valence-electron chi connectivity index (χ2n) is 4.64. The van der Waals surface area contributed by atoms with Crippen LogP contribution in [0.3, 0.4) is 0 Å². The summed E-state index contributed by atoms with van der Waals surface area (Å²) in [5, 5.41) is 14.4. The van der Waals surface area contributed by atoms with Crippen molar-refractivity contribution in [3.63, 3.8) is 0 Å². The van der Waals surface area contributed by atoms with Gasteiger partial charge in [0.2, 0.25) is 0 Å². The number of nitrogens with one attached hydrogen (secondary N) is 2. The van der Waals surface area contributed by atoms with Gasteiger partial charge in [-0.3, -0.25) is 4.39 Å². The van der Waals surface area contributed by atoms with Crippen molar-refractivity contribution in [1.82, 2.24) is 25.4 Å². The molecule has 0 amide bonds. The monoisotopic (exact) mass is 412 g/mol. The number of unbranched alkanes of at least 4 members (excludes halogenated alkanes) is 1. The summed E-state index contributed by atoms with van der Waals surface area (Å²) in [6.07, 6.45) is 2.68. The van der Waals surface area contributed by atoms with E-state index in [0.29, 0.717) is 25.5 Å². The van der Waals surface area contributed by atoms with Crippen molar-refractivity contribution in [3.8, 4) is 0 Å². The van der Waals surface area contributed by atoms with Gasteiger partial charge in [-0.25, -0.2) is 4.99 Å². The minimum Gasteiger partial charge on any atom is -0.356 e. The van der Waals surface area contributed by atoms with E-state index in [4.69, 9.17) is 0 Å². The lowest BCUT2D eigenvalue weighted by Gasteiger charge is -2.11. The van der Waals surface area contributed by atoms with E-state index in [9.17, 15) is 4.39 Å². The van der Waals surface area contributed by atoms with Crippen molar-refractivity contribution < 1.29 is 4.39 Å². The largest absolute Gasteiger partial charge is 0.356 e. The number of aliphatic imine (C=N–C) groups is 1. The highest BCUT2D eigenvalue weighted by molar-refractivity contribution is 14.0. The highest BCUT2D eigenvalue weighted by Crippen LogP contribution is 1.99. The van der Waals surface area contributed by atoms with E-state index in [1.54, 1.807) is 0 Å². The summed E-state index contributed by atoms with van der Waals surface area (Å²) in [5.74, 6) is 2.37. The van der Waals surface area contributed by atoms with E-state index >= 15 is 0 Å². The average Bonchev–Trinajstić information content (AvgIpc) is 2.76. The Balaban J connectivity index is 0.00000400. The highest BCUT2D eigenvalue weighted by Gasteiger charge is 2.04. The smallest absolute Gasteiger partial charge is 0.191 e. The first-order valence-corrected chi connectivity index (χ1v) is 7.12. The number of guanidine groups is 1. The van der Waals surface area contributed by atoms with Crippen LogP contribution in [0.25, 0.3) is 0 Å². The summed E-state index contributed by atoms with van der Waals surface area (Å²) in [6, 6.07) is 0. The molecule has 0 fully saturated rings. The molecule has 1 heterocycles. The zero-order valence-electron chi connectivity index (χ0n) is 13.0. The third-order valence-corrected chi connectivity index (χ3v) is 2.99. The van der Waals surface area contributed by atoms with Crippen LogP contribution in [-0.4, -0.2) is 40.5 Å². The lowest BCUT2D eigenvalue weighted by Crippen LogP contribution is -2.38. The van der Waals surface area contributed by atoms with Gasteiger partial charge in [0.25, 0.3) is 0 Å². The second kappa shape index (κ2) is 11.7. The Bertz CT molecular complexity index is 409. The standard InChI is InChI=1S/C13H25FN6.HI/c1-4-5-8-15-13(16-9-6-7-14)17-10-12-19-18-11(2)20(12)3;/h4-10H2,1-3H3,(H2,15,16,17);1H. The van der Waals surface area contributed by atoms with Crippen LogP contribution >= 0.6 is 24.0 Å². The number of hydrogen-bond donors (Lipinski definition) is 2. The fraction of sp³-hybridized carbons (Fsp3) is 0.769. The maximum Gasteiger partial charge on any atom is 0.191 e. The van der Waals surface area contributed by atoms with Gasteiger partial charge in [-0.05, 0) is 19.8 Å². The van der Waals surface area contributed by atoms with Crippen LogP contribution in [0.1, 0.15) is 37.8 Å². The molecule has 122 valence electrons. The van der Waals surface area contributed by atoms with E-state index in [1.807, 2.05) is 18.5 Å². The Kier molecular flexibility index (Phi) is 11.2. The van der Waals surface area contributed by atoms with Gasteiger partial charge in [0.1, 0.15) is 12.4 Å². The summed E-state index contributed by atoms with van der Waals surface area (Å²) < 4.78 is 14.0. The van der Waals surface area contributed by atoms with Crippen LogP contribution < -0.4 is 10.6 Å². The molecular weight excluding hydrogens is 386 g/mol. The minimum absolute atomic E-state index is 0. The Morgan fingerprint density at radius 3 is 2.43 bits per heavy atom. The third-order valence-electron chi connectivity index (χ3n) is 2.99. The zero-order chi connectivity index (χ0) is 14.8. The molecule has 0 saturated heterocycles. The molecule has 21 heavy (non-hydrogen) atoms. The maximum atomic E-state index is 12.1. The van der Waals surface area contributed by atoms with Crippen LogP contribution in [0.2, 0.25) is 0 Å². The van der Waals surface area contributed by atoms with E-state index in [2.05, 4.69) is 32.7 Å². The lowest BCUT2D eigenvalue weighted by atomic mass is 10.3. The van der Waals surface area contributed by atoms with Crippen LogP contribution in [0.15, 0.2) is 4.99 Å². The van der Waals surface area contributed by atoms with Gasteiger partial charge in [-0.1, -0.05) is 13.3 Å². The summed E-state index contributed by atoms with van der Waals surface area (Å²) in [7, 11) is 1.92. The van der Waals surface area contributed by atoms with E-state index in [1.165, 1.54) is 0 Å². The second-order valence-corrected chi connectivity index (χ2v) is 4.64. The fourth-order valence-corrected chi connectivity index (χ4v) is 1.57. The molecular formula is C13H26FIN6. The average molecular weight is 412 g/mol. The van der Waals surface area contributed by atoms with Crippen molar-refractivity contribution in [3.05, 3.63) is 11.6 Å². The van der Waals surface area contributed by atoms with Crippen molar-refractivity contribution >= 4 is 29.9 Å². The molecule has 2 N–H and O–H groups in total. The molecule has 0 bridgehead atoms. The van der Waals surface area contributed by atoms with Gasteiger partial charge in [0.15, 0.2) is 11.8 Å². The number of nitrogens with zero attached hydrogens (tertiary/aromatic N) is 4. The SMILES string of the molecule is CCCCNC(=NCc1nnc(C)n1C)NCCCF.I. The molecule has 8 heteroatoms. The first-order chi connectivity index (χ1) is 9.69. The quantitative estimate of drug-likeness (QED) is 0.297. The summed E-state index contributed by atoms with van der Waals surface area (Å²) in [6.45, 7) is 5.60. The number of hydrogen-bond acceptors (Lipinski definition) is 3. The molecule has 1 aromatic heterocycles. The number of aryl methyl sites for hydroxylation is 1.